The first-order valence-electron chi connectivity index (χ1n) is 11.5. The summed E-state index contributed by atoms with van der Waals surface area (Å²) in [4.78, 5) is 14.0. The SMILES string of the molecule is O=C1CC(c2ccc(-c3ccc(OSCC4CC(O)CCO4)cc3)cc2O)N1c1ccccc1. The molecule has 3 unspecified atom stereocenters. The summed E-state index contributed by atoms with van der Waals surface area (Å²) in [7, 11) is 0. The van der Waals surface area contributed by atoms with Crippen molar-refractivity contribution in [3.05, 3.63) is 78.4 Å². The second-order valence-electron chi connectivity index (χ2n) is 8.66. The van der Waals surface area contributed by atoms with Gasteiger partial charge in [0.05, 0.1) is 42.5 Å². The monoisotopic (exact) mass is 477 g/mol. The Morgan fingerprint density at radius 2 is 1.79 bits per heavy atom. The Labute approximate surface area is 203 Å². The van der Waals surface area contributed by atoms with Gasteiger partial charge in [0.15, 0.2) is 0 Å². The number of aliphatic hydroxyl groups excluding tert-OH is 1. The molecular weight excluding hydrogens is 450 g/mol. The van der Waals surface area contributed by atoms with Crippen LogP contribution in [-0.4, -0.2) is 40.7 Å². The number of nitrogens with zero attached hydrogens (tertiary/aromatic N) is 1. The Morgan fingerprint density at radius 1 is 1.03 bits per heavy atom. The Bertz CT molecular complexity index is 1140. The first kappa shape index (κ1) is 22.8. The van der Waals surface area contributed by atoms with Crippen LogP contribution in [0.5, 0.6) is 11.5 Å². The van der Waals surface area contributed by atoms with Crippen molar-refractivity contribution in [3.63, 3.8) is 0 Å². The largest absolute Gasteiger partial charge is 0.508 e. The first-order chi connectivity index (χ1) is 16.6. The maximum atomic E-state index is 12.2. The third-order valence-corrected chi connectivity index (χ3v) is 7.13. The highest BCUT2D eigenvalue weighted by molar-refractivity contribution is 7.95. The van der Waals surface area contributed by atoms with E-state index in [-0.39, 0.29) is 29.9 Å². The fourth-order valence-corrected chi connectivity index (χ4v) is 5.14. The van der Waals surface area contributed by atoms with E-state index in [1.54, 1.807) is 11.0 Å². The maximum absolute atomic E-state index is 12.2. The van der Waals surface area contributed by atoms with E-state index in [9.17, 15) is 15.0 Å². The lowest BCUT2D eigenvalue weighted by molar-refractivity contribution is -0.124. The average Bonchev–Trinajstić information content (AvgIpc) is 2.84. The van der Waals surface area contributed by atoms with Crippen LogP contribution >= 0.6 is 12.0 Å². The molecule has 7 heteroatoms. The number of carbonyl (C=O) groups excluding carboxylic acids is 1. The van der Waals surface area contributed by atoms with Crippen molar-refractivity contribution in [1.29, 1.82) is 0 Å². The predicted octanol–water partition coefficient (Wildman–Crippen LogP) is 5.10. The molecule has 2 N–H and O–H groups in total. The van der Waals surface area contributed by atoms with Crippen LogP contribution < -0.4 is 9.08 Å². The number of hydrogen-bond acceptors (Lipinski definition) is 6. The number of hydrogen-bond donors (Lipinski definition) is 2. The molecule has 2 aliphatic rings. The van der Waals surface area contributed by atoms with Crippen molar-refractivity contribution >= 4 is 23.6 Å². The van der Waals surface area contributed by atoms with E-state index in [1.165, 1.54) is 12.0 Å². The number of phenols is 1. The predicted molar refractivity (Wildman–Crippen MR) is 133 cm³/mol. The van der Waals surface area contributed by atoms with Crippen molar-refractivity contribution in [1.82, 2.24) is 0 Å². The average molecular weight is 478 g/mol. The summed E-state index contributed by atoms with van der Waals surface area (Å²) in [5.41, 5.74) is 3.44. The number of benzene rings is 3. The van der Waals surface area contributed by atoms with E-state index >= 15 is 0 Å². The van der Waals surface area contributed by atoms with Gasteiger partial charge in [-0.25, -0.2) is 0 Å². The molecule has 34 heavy (non-hydrogen) atoms. The number of aromatic hydroxyl groups is 1. The van der Waals surface area contributed by atoms with Gasteiger partial charge in [0.2, 0.25) is 5.91 Å². The summed E-state index contributed by atoms with van der Waals surface area (Å²) in [5, 5.41) is 20.5. The highest BCUT2D eigenvalue weighted by Crippen LogP contribution is 2.43. The molecule has 3 atom stereocenters. The first-order valence-corrected chi connectivity index (χ1v) is 12.4. The fraction of sp³-hybridized carbons (Fsp3) is 0.296. The second kappa shape index (κ2) is 10.1. The number of para-hydroxylation sites is 1. The van der Waals surface area contributed by atoms with E-state index < -0.39 is 0 Å². The summed E-state index contributed by atoms with van der Waals surface area (Å²) in [5.74, 6) is 1.64. The Kier molecular flexibility index (Phi) is 6.76. The molecule has 0 aliphatic carbocycles. The summed E-state index contributed by atoms with van der Waals surface area (Å²) in [6.45, 7) is 0.591. The molecule has 1 amide bonds. The summed E-state index contributed by atoms with van der Waals surface area (Å²) in [6, 6.07) is 22.7. The van der Waals surface area contributed by atoms with Crippen LogP contribution in [0.25, 0.3) is 11.1 Å². The van der Waals surface area contributed by atoms with E-state index in [4.69, 9.17) is 8.92 Å². The second-order valence-corrected chi connectivity index (χ2v) is 9.39. The van der Waals surface area contributed by atoms with Crippen molar-refractivity contribution in [3.8, 4) is 22.6 Å². The molecule has 0 saturated carbocycles. The number of amides is 1. The van der Waals surface area contributed by atoms with Gasteiger partial charge in [-0.1, -0.05) is 42.5 Å². The fourth-order valence-electron chi connectivity index (χ4n) is 4.44. The molecule has 176 valence electrons. The van der Waals surface area contributed by atoms with Crippen LogP contribution in [0.2, 0.25) is 0 Å². The van der Waals surface area contributed by atoms with Gasteiger partial charge in [-0.2, -0.15) is 0 Å². The standard InChI is InChI=1S/C27H27NO5S/c29-21-12-13-32-23(15-21)17-34-33-22-9-6-18(7-10-22)19-8-11-24(26(30)14-19)25-16-27(31)28(25)20-4-2-1-3-5-20/h1-11,14,21,23,25,29-30H,12-13,15-17H2. The number of anilines is 1. The van der Waals surface area contributed by atoms with Crippen molar-refractivity contribution in [2.45, 2.75) is 37.5 Å². The highest BCUT2D eigenvalue weighted by Gasteiger charge is 2.39. The van der Waals surface area contributed by atoms with Crippen molar-refractivity contribution in [2.75, 3.05) is 17.3 Å². The van der Waals surface area contributed by atoms with Crippen LogP contribution in [-0.2, 0) is 9.53 Å². The Balaban J connectivity index is 1.22. The topological polar surface area (TPSA) is 79.2 Å². The molecule has 2 aliphatic heterocycles. The summed E-state index contributed by atoms with van der Waals surface area (Å²) < 4.78 is 11.4. The molecule has 5 rings (SSSR count). The van der Waals surface area contributed by atoms with Gasteiger partial charge in [-0.15, -0.1) is 0 Å². The van der Waals surface area contributed by atoms with Crippen molar-refractivity contribution < 1.29 is 23.9 Å². The van der Waals surface area contributed by atoms with Gasteiger partial charge in [0.1, 0.15) is 11.5 Å². The summed E-state index contributed by atoms with van der Waals surface area (Å²) in [6.07, 6.45) is 1.46. The van der Waals surface area contributed by atoms with E-state index in [0.29, 0.717) is 31.6 Å². The van der Waals surface area contributed by atoms with Crippen molar-refractivity contribution in [2.24, 2.45) is 0 Å². The molecule has 0 aromatic heterocycles. The molecule has 0 radical (unpaired) electrons. The molecule has 6 nitrogen and oxygen atoms in total. The number of phenolic OH excluding ortho intramolecular Hbond substituents is 1. The lowest BCUT2D eigenvalue weighted by Crippen LogP contribution is -2.46. The minimum Gasteiger partial charge on any atom is -0.508 e. The van der Waals surface area contributed by atoms with E-state index in [2.05, 4.69) is 0 Å². The van der Waals surface area contributed by atoms with Gasteiger partial charge in [-0.3, -0.25) is 4.79 Å². The van der Waals surface area contributed by atoms with E-state index in [0.717, 1.165) is 28.1 Å². The maximum Gasteiger partial charge on any atom is 0.230 e. The zero-order valence-electron chi connectivity index (χ0n) is 18.7. The number of rotatable bonds is 7. The molecule has 2 fully saturated rings. The quantitative estimate of drug-likeness (QED) is 0.364. The van der Waals surface area contributed by atoms with Crippen LogP contribution in [0.4, 0.5) is 5.69 Å². The van der Waals surface area contributed by atoms with Crippen LogP contribution in [0.15, 0.2) is 72.8 Å². The molecular formula is C27H27NO5S. The zero-order valence-corrected chi connectivity index (χ0v) is 19.5. The van der Waals surface area contributed by atoms with Gasteiger partial charge >= 0.3 is 0 Å². The molecule has 2 heterocycles. The highest BCUT2D eigenvalue weighted by atomic mass is 32.2. The number of aliphatic hydroxyl groups is 1. The van der Waals surface area contributed by atoms with Crippen LogP contribution in [0.3, 0.4) is 0 Å². The molecule has 3 aromatic carbocycles. The molecule has 0 spiro atoms. The lowest BCUT2D eigenvalue weighted by Gasteiger charge is -2.41. The summed E-state index contributed by atoms with van der Waals surface area (Å²) >= 11 is 1.32. The molecule has 2 saturated heterocycles. The van der Waals surface area contributed by atoms with Gasteiger partial charge in [0, 0.05) is 24.3 Å². The minimum absolute atomic E-state index is 0.0123. The van der Waals surface area contributed by atoms with Gasteiger partial charge in [0.25, 0.3) is 0 Å². The third-order valence-electron chi connectivity index (χ3n) is 6.31. The zero-order chi connectivity index (χ0) is 23.5. The Morgan fingerprint density at radius 3 is 2.50 bits per heavy atom. The van der Waals surface area contributed by atoms with Crippen LogP contribution in [0, 0.1) is 0 Å². The number of β-lactam (4-membered cyclic amide) rings is 1. The molecule has 3 aromatic rings. The number of carbonyl (C=O) groups is 1. The smallest absolute Gasteiger partial charge is 0.230 e. The van der Waals surface area contributed by atoms with Gasteiger partial charge in [-0.05, 0) is 47.9 Å². The number of ether oxygens (including phenoxy) is 1. The normalized spacial score (nSPS) is 22.3. The molecule has 0 bridgehead atoms. The third kappa shape index (κ3) is 4.92. The van der Waals surface area contributed by atoms with Crippen LogP contribution in [0.1, 0.15) is 30.9 Å². The van der Waals surface area contributed by atoms with E-state index in [1.807, 2.05) is 66.7 Å². The minimum atomic E-state index is -0.285. The lowest BCUT2D eigenvalue weighted by atomic mass is 9.90. The van der Waals surface area contributed by atoms with Gasteiger partial charge < -0.3 is 24.0 Å². The Hall–Kier alpha value is -3.00.